The number of hydrogen-bond acceptors (Lipinski definition) is 7. The second-order valence-electron chi connectivity index (χ2n) is 10.1. The molecule has 1 unspecified atom stereocenters. The fourth-order valence-corrected chi connectivity index (χ4v) is 5.39. The summed E-state index contributed by atoms with van der Waals surface area (Å²) >= 11 is 5.91. The quantitative estimate of drug-likeness (QED) is 0.212. The second-order valence-corrected chi connectivity index (χ2v) is 10.5. The van der Waals surface area contributed by atoms with Crippen LogP contribution in [0, 0.1) is 5.82 Å². The topological polar surface area (TPSA) is 109 Å². The second kappa shape index (κ2) is 9.26. The van der Waals surface area contributed by atoms with Crippen LogP contribution >= 0.6 is 11.6 Å². The third kappa shape index (κ3) is 4.36. The molecular formula is C27H23ClFN7O3. The number of carbonyl (C=O) groups is 2. The van der Waals surface area contributed by atoms with Gasteiger partial charge in [0.15, 0.2) is 11.6 Å². The number of esters is 1. The zero-order chi connectivity index (χ0) is 26.7. The van der Waals surface area contributed by atoms with Gasteiger partial charge < -0.3 is 13.5 Å². The largest absolute Gasteiger partial charge is 0.465 e. The number of fused-ring (bicyclic) bond motifs is 2. The molecule has 0 bridgehead atoms. The van der Waals surface area contributed by atoms with Crippen LogP contribution in [0.15, 0.2) is 43.2 Å². The third-order valence-electron chi connectivity index (χ3n) is 7.42. The number of pyridine rings is 2. The molecule has 0 radical (unpaired) electrons. The highest BCUT2D eigenvalue weighted by molar-refractivity contribution is 6.31. The first-order valence-electron chi connectivity index (χ1n) is 12.9. The highest BCUT2D eigenvalue weighted by Gasteiger charge is 2.33. The van der Waals surface area contributed by atoms with E-state index in [2.05, 4.69) is 27.6 Å². The summed E-state index contributed by atoms with van der Waals surface area (Å²) in [5.74, 6) is -0.781. The number of ether oxygens (including phenoxy) is 1. The number of halogens is 2. The number of imidazole rings is 2. The molecule has 0 N–H and O–H groups in total. The van der Waals surface area contributed by atoms with Crippen LogP contribution in [0.2, 0.25) is 5.02 Å². The number of rotatable bonds is 8. The first-order valence-corrected chi connectivity index (χ1v) is 13.2. The highest BCUT2D eigenvalue weighted by atomic mass is 35.5. The number of hydrogen-bond donors (Lipinski definition) is 0. The molecule has 12 heteroatoms. The van der Waals surface area contributed by atoms with Gasteiger partial charge >= 0.3 is 5.97 Å². The average molecular weight is 548 g/mol. The van der Waals surface area contributed by atoms with E-state index in [0.717, 1.165) is 29.7 Å². The molecule has 5 aromatic heterocycles. The van der Waals surface area contributed by atoms with Gasteiger partial charge in [-0.3, -0.25) is 9.59 Å². The summed E-state index contributed by atoms with van der Waals surface area (Å²) in [6.45, 7) is 0.733. The monoisotopic (exact) mass is 547 g/mol. The van der Waals surface area contributed by atoms with Crippen molar-refractivity contribution in [2.24, 2.45) is 0 Å². The van der Waals surface area contributed by atoms with Gasteiger partial charge in [-0.15, -0.1) is 5.10 Å². The van der Waals surface area contributed by atoms with Crippen molar-refractivity contribution in [3.05, 3.63) is 82.3 Å². The van der Waals surface area contributed by atoms with E-state index in [1.54, 1.807) is 21.5 Å². The maximum atomic E-state index is 14.5. The van der Waals surface area contributed by atoms with Gasteiger partial charge in [0, 0.05) is 30.6 Å². The number of ketones is 1. The van der Waals surface area contributed by atoms with Crippen molar-refractivity contribution in [1.82, 2.24) is 33.8 Å². The lowest BCUT2D eigenvalue weighted by Gasteiger charge is -2.10. The molecule has 6 heterocycles. The number of cyclic esters (lactones) is 1. The number of aromatic nitrogens is 7. The molecule has 7 rings (SSSR count). The van der Waals surface area contributed by atoms with E-state index in [1.807, 2.05) is 10.6 Å². The average Bonchev–Trinajstić information content (AvgIpc) is 3.26. The normalized spacial score (nSPS) is 17.4. The predicted molar refractivity (Wildman–Crippen MR) is 137 cm³/mol. The summed E-state index contributed by atoms with van der Waals surface area (Å²) in [7, 11) is 0. The van der Waals surface area contributed by atoms with E-state index in [1.165, 1.54) is 18.0 Å². The van der Waals surface area contributed by atoms with Crippen LogP contribution in [0.3, 0.4) is 0 Å². The maximum Gasteiger partial charge on any atom is 0.313 e. The Labute approximate surface area is 226 Å². The Morgan fingerprint density at radius 3 is 2.85 bits per heavy atom. The molecule has 0 spiro atoms. The molecule has 39 heavy (non-hydrogen) atoms. The van der Waals surface area contributed by atoms with Crippen LogP contribution in [0.4, 0.5) is 4.39 Å². The van der Waals surface area contributed by atoms with E-state index in [0.29, 0.717) is 31.2 Å². The summed E-state index contributed by atoms with van der Waals surface area (Å²) in [4.78, 5) is 34.2. The lowest BCUT2D eigenvalue weighted by atomic mass is 9.96. The molecule has 0 aromatic carbocycles. The van der Waals surface area contributed by atoms with Gasteiger partial charge in [0.25, 0.3) is 0 Å². The van der Waals surface area contributed by atoms with Crippen LogP contribution in [0.5, 0.6) is 0 Å². The van der Waals surface area contributed by atoms with Crippen molar-refractivity contribution in [2.75, 3.05) is 6.61 Å². The van der Waals surface area contributed by atoms with Crippen molar-refractivity contribution in [2.45, 2.75) is 50.5 Å². The number of aryl methyl sites for hydroxylation is 1. The minimum atomic E-state index is -0.560. The molecule has 0 amide bonds. The molecule has 1 aliphatic heterocycles. The maximum absolute atomic E-state index is 14.5. The summed E-state index contributed by atoms with van der Waals surface area (Å²) in [5, 5.41) is 8.16. The Hall–Kier alpha value is -4.12. The minimum absolute atomic E-state index is 0.00419. The highest BCUT2D eigenvalue weighted by Crippen LogP contribution is 2.42. The van der Waals surface area contributed by atoms with E-state index >= 15 is 0 Å². The molecule has 1 atom stereocenters. The van der Waals surface area contributed by atoms with Crippen molar-refractivity contribution in [3.8, 4) is 0 Å². The first-order chi connectivity index (χ1) is 18.9. The Morgan fingerprint density at radius 1 is 1.18 bits per heavy atom. The molecule has 2 fully saturated rings. The number of carbonyl (C=O) groups excluding carboxylic acids is 2. The number of nitrogens with zero attached hydrogens (tertiary/aromatic N) is 7. The molecule has 5 aromatic rings. The van der Waals surface area contributed by atoms with Crippen LogP contribution in [-0.4, -0.2) is 52.1 Å². The fourth-order valence-electron chi connectivity index (χ4n) is 5.25. The molecule has 1 saturated carbocycles. The van der Waals surface area contributed by atoms with Crippen molar-refractivity contribution < 1.29 is 18.7 Å². The van der Waals surface area contributed by atoms with Gasteiger partial charge in [0.2, 0.25) is 0 Å². The molecular weight excluding hydrogens is 525 g/mol. The van der Waals surface area contributed by atoms with Gasteiger partial charge in [-0.2, -0.15) is 0 Å². The summed E-state index contributed by atoms with van der Waals surface area (Å²) in [6.07, 6.45) is 12.0. The number of Topliss-reactive ketones (excluding diaryl/α,β-unsaturated/α-hetero) is 1. The van der Waals surface area contributed by atoms with Gasteiger partial charge in [-0.25, -0.2) is 19.0 Å². The van der Waals surface area contributed by atoms with E-state index in [4.69, 9.17) is 21.3 Å². The van der Waals surface area contributed by atoms with Gasteiger partial charge in [0.1, 0.15) is 16.9 Å². The fraction of sp³-hybridized carbons (Fsp3) is 0.333. The summed E-state index contributed by atoms with van der Waals surface area (Å²) in [5.41, 5.74) is 4.50. The van der Waals surface area contributed by atoms with Gasteiger partial charge in [-0.05, 0) is 49.3 Å². The Morgan fingerprint density at radius 2 is 2.05 bits per heavy atom. The smallest absolute Gasteiger partial charge is 0.313 e. The van der Waals surface area contributed by atoms with Gasteiger partial charge in [-0.1, -0.05) is 16.8 Å². The Balaban J connectivity index is 1.09. The molecule has 10 nitrogen and oxygen atoms in total. The lowest BCUT2D eigenvalue weighted by Crippen LogP contribution is -2.08. The third-order valence-corrected chi connectivity index (χ3v) is 7.71. The van der Waals surface area contributed by atoms with Crippen molar-refractivity contribution in [3.63, 3.8) is 0 Å². The zero-order valence-electron chi connectivity index (χ0n) is 20.8. The van der Waals surface area contributed by atoms with Crippen LogP contribution < -0.4 is 0 Å². The van der Waals surface area contributed by atoms with Crippen LogP contribution in [0.1, 0.15) is 70.5 Å². The van der Waals surface area contributed by atoms with E-state index < -0.39 is 5.82 Å². The minimum Gasteiger partial charge on any atom is -0.465 e. The zero-order valence-corrected chi connectivity index (χ0v) is 21.5. The van der Waals surface area contributed by atoms with Crippen molar-refractivity contribution in [1.29, 1.82) is 0 Å². The first kappa shape index (κ1) is 24.0. The van der Waals surface area contributed by atoms with Crippen molar-refractivity contribution >= 4 is 34.5 Å². The Kier molecular flexibility index (Phi) is 5.69. The Bertz CT molecular complexity index is 1770. The van der Waals surface area contributed by atoms with E-state index in [-0.39, 0.29) is 46.7 Å². The summed E-state index contributed by atoms with van der Waals surface area (Å²) < 4.78 is 24.8. The molecule has 198 valence electrons. The van der Waals surface area contributed by atoms with Crippen LogP contribution in [-0.2, 0) is 22.5 Å². The molecule has 1 aliphatic carbocycles. The SMILES string of the molecule is O=C(CCc1ncn2ccc(Cl)c(F)c12)c1cn(Cc2cn3cc(C4CC4)cc(C4CCOC4=O)c3n2)nn1. The molecule has 2 aliphatic rings. The van der Waals surface area contributed by atoms with E-state index in [9.17, 15) is 14.0 Å². The standard InChI is InChI=1S/C27H23ClFN7O3/c28-20-5-7-34-14-30-21(25(34)24(20)29)3-4-23(37)22-13-36(33-32-22)12-17-11-35-10-16(15-1-2-15)9-19(26(35)31-17)18-6-8-39-27(18)38/h5,7,9-11,13-15,18H,1-4,6,8,12H2. The van der Waals surface area contributed by atoms with Gasteiger partial charge in [0.05, 0.1) is 48.0 Å². The lowest BCUT2D eigenvalue weighted by molar-refractivity contribution is -0.139. The summed E-state index contributed by atoms with van der Waals surface area (Å²) in [6, 6.07) is 3.56. The molecule has 1 saturated heterocycles. The van der Waals surface area contributed by atoms with Crippen LogP contribution in [0.25, 0.3) is 11.2 Å². The predicted octanol–water partition coefficient (Wildman–Crippen LogP) is 4.14.